The van der Waals surface area contributed by atoms with Crippen molar-refractivity contribution in [1.82, 2.24) is 9.62 Å². The highest BCUT2D eigenvalue weighted by Crippen LogP contribution is 2.18. The van der Waals surface area contributed by atoms with Gasteiger partial charge in [0.25, 0.3) is 0 Å². The van der Waals surface area contributed by atoms with E-state index in [2.05, 4.69) is 24.4 Å². The number of halogens is 1. The second kappa shape index (κ2) is 10.9. The Morgan fingerprint density at radius 3 is 2.39 bits per heavy atom. The maximum atomic E-state index is 12.2. The first-order chi connectivity index (χ1) is 13.3. The van der Waals surface area contributed by atoms with E-state index in [1.54, 1.807) is 36.0 Å². The van der Waals surface area contributed by atoms with Gasteiger partial charge in [-0.1, -0.05) is 54.1 Å². The number of amides is 1. The minimum absolute atomic E-state index is 0.0635. The van der Waals surface area contributed by atoms with E-state index in [0.29, 0.717) is 17.1 Å². The predicted molar refractivity (Wildman–Crippen MR) is 117 cm³/mol. The van der Waals surface area contributed by atoms with Crippen molar-refractivity contribution in [2.75, 3.05) is 25.1 Å². The third-order valence-electron chi connectivity index (χ3n) is 4.18. The number of rotatable bonds is 10. The van der Waals surface area contributed by atoms with Gasteiger partial charge in [-0.05, 0) is 29.7 Å². The van der Waals surface area contributed by atoms with Gasteiger partial charge in [-0.2, -0.15) is 16.1 Å². The molecule has 0 aliphatic heterocycles. The van der Waals surface area contributed by atoms with Crippen LogP contribution in [-0.4, -0.2) is 43.7 Å². The maximum absolute atomic E-state index is 12.2. The molecule has 0 radical (unpaired) electrons. The Morgan fingerprint density at radius 2 is 1.75 bits per heavy atom. The molecule has 2 aromatic rings. The van der Waals surface area contributed by atoms with E-state index in [-0.39, 0.29) is 19.0 Å². The summed E-state index contributed by atoms with van der Waals surface area (Å²) in [5, 5.41) is 3.26. The van der Waals surface area contributed by atoms with E-state index in [1.807, 2.05) is 12.1 Å². The summed E-state index contributed by atoms with van der Waals surface area (Å²) < 4.78 is 25.2. The number of hydrogen-bond donors (Lipinski definition) is 1. The van der Waals surface area contributed by atoms with Gasteiger partial charge >= 0.3 is 0 Å². The van der Waals surface area contributed by atoms with Gasteiger partial charge < -0.3 is 5.32 Å². The van der Waals surface area contributed by atoms with Crippen LogP contribution in [0.3, 0.4) is 0 Å². The van der Waals surface area contributed by atoms with Gasteiger partial charge in [0.1, 0.15) is 0 Å². The molecule has 8 heteroatoms. The summed E-state index contributed by atoms with van der Waals surface area (Å²) >= 11 is 7.84. The Labute approximate surface area is 176 Å². The Hall–Kier alpha value is -1.54. The van der Waals surface area contributed by atoms with Gasteiger partial charge in [-0.25, -0.2) is 8.42 Å². The van der Waals surface area contributed by atoms with Crippen molar-refractivity contribution in [3.63, 3.8) is 0 Å². The van der Waals surface area contributed by atoms with Crippen LogP contribution < -0.4 is 5.32 Å². The zero-order valence-electron chi connectivity index (χ0n) is 16.0. The normalized spacial score (nSPS) is 11.6. The molecule has 152 valence electrons. The van der Waals surface area contributed by atoms with Crippen LogP contribution >= 0.6 is 23.4 Å². The van der Waals surface area contributed by atoms with E-state index in [4.69, 9.17) is 11.6 Å². The van der Waals surface area contributed by atoms with Crippen molar-refractivity contribution >= 4 is 39.3 Å². The van der Waals surface area contributed by atoms with Crippen LogP contribution in [0.1, 0.15) is 16.7 Å². The molecule has 0 unspecified atom stereocenters. The van der Waals surface area contributed by atoms with E-state index < -0.39 is 10.0 Å². The van der Waals surface area contributed by atoms with Crippen molar-refractivity contribution in [3.05, 3.63) is 70.2 Å². The number of benzene rings is 2. The van der Waals surface area contributed by atoms with Gasteiger partial charge in [0, 0.05) is 29.6 Å². The molecule has 2 rings (SSSR count). The van der Waals surface area contributed by atoms with Crippen LogP contribution in [0.15, 0.2) is 48.5 Å². The fraction of sp³-hybridized carbons (Fsp3) is 0.350. The molecule has 0 atom stereocenters. The average molecular weight is 441 g/mol. The number of thioether (sulfide) groups is 1. The standard InChI is InChI=1S/C20H25ClN2O3S2/c1-16-7-3-4-9-18(16)15-27-12-11-22-20(24)14-23(28(2,25)26)13-17-8-5-6-10-19(17)21/h3-10H,11-15H2,1-2H3,(H,22,24). The molecule has 1 amide bonds. The molecular weight excluding hydrogens is 416 g/mol. The first kappa shape index (κ1) is 22.7. The molecule has 0 spiro atoms. The molecule has 0 bridgehead atoms. The number of nitrogens with zero attached hydrogens (tertiary/aromatic N) is 1. The molecule has 1 N–H and O–H groups in total. The van der Waals surface area contributed by atoms with E-state index in [0.717, 1.165) is 22.1 Å². The summed E-state index contributed by atoms with van der Waals surface area (Å²) in [5.74, 6) is 1.31. The van der Waals surface area contributed by atoms with E-state index >= 15 is 0 Å². The Morgan fingerprint density at radius 1 is 1.11 bits per heavy atom. The van der Waals surface area contributed by atoms with Gasteiger partial charge in [0.2, 0.25) is 15.9 Å². The third-order valence-corrected chi connectivity index (χ3v) is 6.75. The SMILES string of the molecule is Cc1ccccc1CSCCNC(=O)CN(Cc1ccccc1Cl)S(C)(=O)=O. The Balaban J connectivity index is 1.80. The molecule has 0 saturated heterocycles. The van der Waals surface area contributed by atoms with Crippen molar-refractivity contribution in [1.29, 1.82) is 0 Å². The smallest absolute Gasteiger partial charge is 0.235 e. The highest BCUT2D eigenvalue weighted by Gasteiger charge is 2.21. The monoisotopic (exact) mass is 440 g/mol. The van der Waals surface area contributed by atoms with Gasteiger partial charge in [0.05, 0.1) is 12.8 Å². The second-order valence-electron chi connectivity index (χ2n) is 6.45. The zero-order chi connectivity index (χ0) is 20.6. The largest absolute Gasteiger partial charge is 0.354 e. The molecule has 0 aliphatic rings. The lowest BCUT2D eigenvalue weighted by Crippen LogP contribution is -2.40. The molecule has 0 aliphatic carbocycles. The molecular formula is C20H25ClN2O3S2. The predicted octanol–water partition coefficient (Wildman–Crippen LogP) is 3.46. The third kappa shape index (κ3) is 7.47. The molecule has 2 aromatic carbocycles. The molecule has 28 heavy (non-hydrogen) atoms. The van der Waals surface area contributed by atoms with Gasteiger partial charge in [-0.15, -0.1) is 0 Å². The minimum atomic E-state index is -3.54. The topological polar surface area (TPSA) is 66.5 Å². The first-order valence-electron chi connectivity index (χ1n) is 8.85. The molecule has 0 heterocycles. The average Bonchev–Trinajstić information content (AvgIpc) is 2.63. The van der Waals surface area contributed by atoms with Gasteiger partial charge in [-0.3, -0.25) is 4.79 Å². The summed E-state index contributed by atoms with van der Waals surface area (Å²) in [6.07, 6.45) is 1.09. The van der Waals surface area contributed by atoms with Crippen LogP contribution in [0.4, 0.5) is 0 Å². The van der Waals surface area contributed by atoms with Crippen LogP contribution in [0.25, 0.3) is 0 Å². The highest BCUT2D eigenvalue weighted by atomic mass is 35.5. The number of hydrogen-bond acceptors (Lipinski definition) is 4. The molecule has 0 saturated carbocycles. The van der Waals surface area contributed by atoms with Crippen molar-refractivity contribution < 1.29 is 13.2 Å². The number of nitrogens with one attached hydrogen (secondary N) is 1. The highest BCUT2D eigenvalue weighted by molar-refractivity contribution is 7.98. The number of carbonyl (C=O) groups excluding carboxylic acids is 1. The quantitative estimate of drug-likeness (QED) is 0.574. The van der Waals surface area contributed by atoms with Crippen LogP contribution in [-0.2, 0) is 27.1 Å². The lowest BCUT2D eigenvalue weighted by Gasteiger charge is -2.20. The molecule has 0 aromatic heterocycles. The lowest BCUT2D eigenvalue weighted by molar-refractivity contribution is -0.121. The number of carbonyl (C=O) groups is 1. The van der Waals surface area contributed by atoms with Crippen molar-refractivity contribution in [3.8, 4) is 0 Å². The fourth-order valence-electron chi connectivity index (χ4n) is 2.54. The fourth-order valence-corrected chi connectivity index (χ4v) is 4.40. The number of sulfonamides is 1. The van der Waals surface area contributed by atoms with Crippen molar-refractivity contribution in [2.45, 2.75) is 19.2 Å². The first-order valence-corrected chi connectivity index (χ1v) is 12.2. The van der Waals surface area contributed by atoms with E-state index in [9.17, 15) is 13.2 Å². The number of aryl methyl sites for hydroxylation is 1. The zero-order valence-corrected chi connectivity index (χ0v) is 18.4. The Kier molecular flexibility index (Phi) is 8.82. The summed E-state index contributed by atoms with van der Waals surface area (Å²) in [7, 11) is -3.54. The van der Waals surface area contributed by atoms with Gasteiger partial charge in [0.15, 0.2) is 0 Å². The molecule has 0 fully saturated rings. The van der Waals surface area contributed by atoms with E-state index in [1.165, 1.54) is 11.1 Å². The molecule has 5 nitrogen and oxygen atoms in total. The second-order valence-corrected chi connectivity index (χ2v) is 9.95. The minimum Gasteiger partial charge on any atom is -0.354 e. The summed E-state index contributed by atoms with van der Waals surface area (Å²) in [6, 6.07) is 15.2. The summed E-state index contributed by atoms with van der Waals surface area (Å²) in [6.45, 7) is 2.40. The summed E-state index contributed by atoms with van der Waals surface area (Å²) in [5.41, 5.74) is 3.19. The van der Waals surface area contributed by atoms with Crippen molar-refractivity contribution in [2.24, 2.45) is 0 Å². The van der Waals surface area contributed by atoms with Crippen LogP contribution in [0.2, 0.25) is 5.02 Å². The Bertz CT molecular complexity index is 904. The summed E-state index contributed by atoms with van der Waals surface area (Å²) in [4.78, 5) is 12.2. The van der Waals surface area contributed by atoms with Crippen LogP contribution in [0.5, 0.6) is 0 Å². The van der Waals surface area contributed by atoms with Crippen LogP contribution in [0, 0.1) is 6.92 Å². The lowest BCUT2D eigenvalue weighted by atomic mass is 10.1. The maximum Gasteiger partial charge on any atom is 0.235 e.